The summed E-state index contributed by atoms with van der Waals surface area (Å²) in [6.07, 6.45) is 2.56. The van der Waals surface area contributed by atoms with Crippen molar-refractivity contribution >= 4 is 28.5 Å². The number of benzene rings is 3. The summed E-state index contributed by atoms with van der Waals surface area (Å²) in [7, 11) is 0. The lowest BCUT2D eigenvalue weighted by Crippen LogP contribution is -2.26. The molecule has 0 radical (unpaired) electrons. The maximum atomic E-state index is 12.5. The molecule has 5 nitrogen and oxygen atoms in total. The van der Waals surface area contributed by atoms with E-state index < -0.39 is 0 Å². The van der Waals surface area contributed by atoms with Gasteiger partial charge >= 0.3 is 0 Å². The molecule has 182 valence electrons. The summed E-state index contributed by atoms with van der Waals surface area (Å²) in [5.41, 5.74) is 3.90. The quantitative estimate of drug-likeness (QED) is 0.240. The van der Waals surface area contributed by atoms with E-state index >= 15 is 0 Å². The van der Waals surface area contributed by atoms with E-state index in [0.717, 1.165) is 42.0 Å². The molecule has 0 saturated heterocycles. The van der Waals surface area contributed by atoms with Gasteiger partial charge in [-0.2, -0.15) is 0 Å². The Balaban J connectivity index is 1.31. The Morgan fingerprint density at radius 2 is 1.74 bits per heavy atom. The molecular weight excluding hydrogens is 458 g/mol. The molecule has 0 spiro atoms. The third kappa shape index (κ3) is 6.43. The summed E-state index contributed by atoms with van der Waals surface area (Å²) < 4.78 is 8.20. The fourth-order valence-electron chi connectivity index (χ4n) is 4.11. The van der Waals surface area contributed by atoms with Crippen LogP contribution in [-0.4, -0.2) is 28.6 Å². The summed E-state index contributed by atoms with van der Waals surface area (Å²) in [4.78, 5) is 17.3. The maximum absolute atomic E-state index is 12.5. The predicted octanol–water partition coefficient (Wildman–Crippen LogP) is 6.64. The molecule has 3 aromatic carbocycles. The Kier molecular flexibility index (Phi) is 8.43. The van der Waals surface area contributed by atoms with Crippen molar-refractivity contribution in [1.29, 1.82) is 0 Å². The van der Waals surface area contributed by atoms with Crippen LogP contribution in [0.25, 0.3) is 11.0 Å². The first-order chi connectivity index (χ1) is 17.0. The molecular formula is C29H32ClN3O2. The van der Waals surface area contributed by atoms with Crippen LogP contribution in [0.5, 0.6) is 5.75 Å². The minimum atomic E-state index is -0.170. The maximum Gasteiger partial charge on any atom is 0.252 e. The van der Waals surface area contributed by atoms with Gasteiger partial charge < -0.3 is 14.6 Å². The molecule has 0 aliphatic rings. The van der Waals surface area contributed by atoms with Crippen LogP contribution in [0, 0.1) is 0 Å². The SMILES string of the molecule is CC(C)c1ccc(OCCCCn2c(CCNC(=O)c3ccccc3Cl)nc3ccccc32)cc1. The van der Waals surface area contributed by atoms with Gasteiger partial charge in [0.05, 0.1) is 28.2 Å². The van der Waals surface area contributed by atoms with E-state index in [1.807, 2.05) is 42.5 Å². The number of carbonyl (C=O) groups excluding carboxylic acids is 1. The van der Waals surface area contributed by atoms with E-state index in [0.29, 0.717) is 36.1 Å². The molecule has 0 aliphatic carbocycles. The molecule has 0 atom stereocenters. The molecule has 0 bridgehead atoms. The number of aromatic nitrogens is 2. The Labute approximate surface area is 212 Å². The molecule has 1 aromatic heterocycles. The van der Waals surface area contributed by atoms with E-state index in [1.54, 1.807) is 12.1 Å². The Bertz CT molecular complexity index is 1260. The number of fused-ring (bicyclic) bond motifs is 1. The monoisotopic (exact) mass is 489 g/mol. The van der Waals surface area contributed by atoms with Crippen molar-refractivity contribution in [3.8, 4) is 5.75 Å². The van der Waals surface area contributed by atoms with Crippen LogP contribution in [-0.2, 0) is 13.0 Å². The number of halogens is 1. The van der Waals surface area contributed by atoms with Crippen molar-refractivity contribution in [2.45, 2.75) is 45.6 Å². The zero-order chi connectivity index (χ0) is 24.6. The minimum absolute atomic E-state index is 0.170. The molecule has 4 rings (SSSR count). The number of unbranched alkanes of at least 4 members (excludes halogenated alkanes) is 1. The van der Waals surface area contributed by atoms with Crippen LogP contribution in [0.4, 0.5) is 0 Å². The fourth-order valence-corrected chi connectivity index (χ4v) is 4.33. The highest BCUT2D eigenvalue weighted by atomic mass is 35.5. The molecule has 1 amide bonds. The lowest BCUT2D eigenvalue weighted by molar-refractivity contribution is 0.0954. The van der Waals surface area contributed by atoms with Gasteiger partial charge in [0.25, 0.3) is 5.91 Å². The van der Waals surface area contributed by atoms with Gasteiger partial charge in [-0.25, -0.2) is 4.98 Å². The molecule has 1 heterocycles. The second kappa shape index (κ2) is 11.9. The van der Waals surface area contributed by atoms with Gasteiger partial charge in [0.2, 0.25) is 0 Å². The van der Waals surface area contributed by atoms with Gasteiger partial charge in [0, 0.05) is 19.5 Å². The summed E-state index contributed by atoms with van der Waals surface area (Å²) in [5, 5.41) is 3.42. The molecule has 6 heteroatoms. The summed E-state index contributed by atoms with van der Waals surface area (Å²) in [6, 6.07) is 23.6. The second-order valence-corrected chi connectivity index (χ2v) is 9.34. The lowest BCUT2D eigenvalue weighted by atomic mass is 10.0. The van der Waals surface area contributed by atoms with Crippen molar-refractivity contribution in [2.75, 3.05) is 13.2 Å². The third-order valence-electron chi connectivity index (χ3n) is 6.08. The first-order valence-corrected chi connectivity index (χ1v) is 12.6. The summed E-state index contributed by atoms with van der Waals surface area (Å²) >= 11 is 6.15. The minimum Gasteiger partial charge on any atom is -0.494 e. The average molecular weight is 490 g/mol. The van der Waals surface area contributed by atoms with Crippen LogP contribution in [0.15, 0.2) is 72.8 Å². The first-order valence-electron chi connectivity index (χ1n) is 12.2. The fraction of sp³-hybridized carbons (Fsp3) is 0.310. The van der Waals surface area contributed by atoms with Crippen LogP contribution in [0.3, 0.4) is 0 Å². The zero-order valence-electron chi connectivity index (χ0n) is 20.3. The van der Waals surface area contributed by atoms with Gasteiger partial charge in [-0.15, -0.1) is 0 Å². The van der Waals surface area contributed by atoms with E-state index in [2.05, 4.69) is 41.9 Å². The van der Waals surface area contributed by atoms with Crippen molar-refractivity contribution < 1.29 is 9.53 Å². The van der Waals surface area contributed by atoms with Crippen molar-refractivity contribution in [3.05, 3.63) is 94.8 Å². The molecule has 4 aromatic rings. The molecule has 0 fully saturated rings. The Hall–Kier alpha value is -3.31. The van der Waals surface area contributed by atoms with Gasteiger partial charge in [0.15, 0.2) is 0 Å². The largest absolute Gasteiger partial charge is 0.494 e. The summed E-state index contributed by atoms with van der Waals surface area (Å²) in [6.45, 7) is 6.40. The van der Waals surface area contributed by atoms with E-state index in [-0.39, 0.29) is 5.91 Å². The van der Waals surface area contributed by atoms with Crippen molar-refractivity contribution in [3.63, 3.8) is 0 Å². The molecule has 35 heavy (non-hydrogen) atoms. The topological polar surface area (TPSA) is 56.1 Å². The van der Waals surface area contributed by atoms with E-state index in [4.69, 9.17) is 21.3 Å². The van der Waals surface area contributed by atoms with E-state index in [1.165, 1.54) is 5.56 Å². The van der Waals surface area contributed by atoms with Gasteiger partial charge in [0.1, 0.15) is 11.6 Å². The number of aryl methyl sites for hydroxylation is 1. The van der Waals surface area contributed by atoms with Gasteiger partial charge in [-0.1, -0.05) is 61.8 Å². The number of amides is 1. The molecule has 1 N–H and O–H groups in total. The molecule has 0 saturated carbocycles. The normalized spacial score (nSPS) is 11.2. The number of nitrogens with zero attached hydrogens (tertiary/aromatic N) is 2. The highest BCUT2D eigenvalue weighted by Gasteiger charge is 2.12. The van der Waals surface area contributed by atoms with Gasteiger partial charge in [-0.3, -0.25) is 4.79 Å². The van der Waals surface area contributed by atoms with E-state index in [9.17, 15) is 4.79 Å². The van der Waals surface area contributed by atoms with Crippen LogP contribution in [0.1, 0.15) is 54.4 Å². The van der Waals surface area contributed by atoms with Crippen molar-refractivity contribution in [2.24, 2.45) is 0 Å². The smallest absolute Gasteiger partial charge is 0.252 e. The van der Waals surface area contributed by atoms with Crippen molar-refractivity contribution in [1.82, 2.24) is 14.9 Å². The van der Waals surface area contributed by atoms with Gasteiger partial charge in [-0.05, 0) is 60.7 Å². The van der Waals surface area contributed by atoms with Crippen LogP contribution in [0.2, 0.25) is 5.02 Å². The number of nitrogens with one attached hydrogen (secondary N) is 1. The zero-order valence-corrected chi connectivity index (χ0v) is 21.1. The standard InChI is InChI=1S/C29H32ClN3O2/c1-21(2)22-13-15-23(16-14-22)35-20-8-7-19-33-27-12-6-5-11-26(27)32-28(33)17-18-31-29(34)24-9-3-4-10-25(24)30/h3-6,9-16,21H,7-8,17-20H2,1-2H3,(H,31,34). The molecule has 0 unspecified atom stereocenters. The number of para-hydroxylation sites is 2. The first kappa shape index (κ1) is 24.8. The highest BCUT2D eigenvalue weighted by Crippen LogP contribution is 2.20. The number of rotatable bonds is 11. The predicted molar refractivity (Wildman–Crippen MR) is 142 cm³/mol. The number of carbonyl (C=O) groups is 1. The summed E-state index contributed by atoms with van der Waals surface area (Å²) in [5.74, 6) is 2.23. The van der Waals surface area contributed by atoms with Crippen LogP contribution >= 0.6 is 11.6 Å². The lowest BCUT2D eigenvalue weighted by Gasteiger charge is -2.11. The number of hydrogen-bond acceptors (Lipinski definition) is 3. The Morgan fingerprint density at radius 1 is 1.00 bits per heavy atom. The average Bonchev–Trinajstić information content (AvgIpc) is 3.21. The second-order valence-electron chi connectivity index (χ2n) is 8.93. The number of hydrogen-bond donors (Lipinski definition) is 1. The third-order valence-corrected chi connectivity index (χ3v) is 6.41. The highest BCUT2D eigenvalue weighted by molar-refractivity contribution is 6.33. The Morgan fingerprint density at radius 3 is 2.51 bits per heavy atom. The van der Waals surface area contributed by atoms with Crippen LogP contribution < -0.4 is 10.1 Å². The number of ether oxygens (including phenoxy) is 1. The molecule has 0 aliphatic heterocycles. The number of imidazole rings is 1.